The van der Waals surface area contributed by atoms with Crippen LogP contribution in [0, 0.1) is 11.7 Å². The maximum atomic E-state index is 13.2. The summed E-state index contributed by atoms with van der Waals surface area (Å²) in [5.41, 5.74) is 2.38. The van der Waals surface area contributed by atoms with E-state index in [1.807, 2.05) is 22.9 Å². The van der Waals surface area contributed by atoms with Crippen molar-refractivity contribution in [3.63, 3.8) is 0 Å². The zero-order valence-corrected chi connectivity index (χ0v) is 17.7. The predicted octanol–water partition coefficient (Wildman–Crippen LogP) is 2.16. The number of tetrazole rings is 1. The van der Waals surface area contributed by atoms with Crippen molar-refractivity contribution in [2.45, 2.75) is 32.9 Å². The first-order valence-corrected chi connectivity index (χ1v) is 10.8. The average molecular weight is 410 g/mol. The van der Waals surface area contributed by atoms with E-state index in [4.69, 9.17) is 0 Å². The van der Waals surface area contributed by atoms with Gasteiger partial charge in [0.1, 0.15) is 5.82 Å². The van der Waals surface area contributed by atoms with Crippen LogP contribution < -0.4 is 9.80 Å². The third-order valence-corrected chi connectivity index (χ3v) is 6.00. The van der Waals surface area contributed by atoms with Gasteiger partial charge in [0.05, 0.1) is 26.2 Å². The third-order valence-electron chi connectivity index (χ3n) is 6.00. The number of piperazine rings is 1. The number of halogens is 1. The van der Waals surface area contributed by atoms with Crippen molar-refractivity contribution >= 4 is 5.69 Å². The van der Waals surface area contributed by atoms with Gasteiger partial charge in [0.25, 0.3) is 0 Å². The molecule has 2 aromatic carbocycles. The molecule has 0 saturated carbocycles. The number of nitrogens with one attached hydrogen (secondary N) is 1. The van der Waals surface area contributed by atoms with Crippen LogP contribution in [0.5, 0.6) is 0 Å². The molecule has 0 bridgehead atoms. The van der Waals surface area contributed by atoms with Crippen molar-refractivity contribution in [1.82, 2.24) is 20.2 Å². The molecule has 1 saturated heterocycles. The Morgan fingerprint density at radius 2 is 1.70 bits per heavy atom. The van der Waals surface area contributed by atoms with Crippen LogP contribution in [0.4, 0.5) is 10.1 Å². The van der Waals surface area contributed by atoms with Gasteiger partial charge in [-0.2, -0.15) is 0 Å². The molecule has 1 fully saturated rings. The summed E-state index contributed by atoms with van der Waals surface area (Å²) in [6, 6.07) is 17.5. The number of aryl methyl sites for hydroxylation is 2. The van der Waals surface area contributed by atoms with Gasteiger partial charge in [-0.3, -0.25) is 0 Å². The molecule has 1 aliphatic rings. The van der Waals surface area contributed by atoms with E-state index in [9.17, 15) is 4.39 Å². The Hall–Kier alpha value is -2.80. The Morgan fingerprint density at radius 1 is 1.00 bits per heavy atom. The van der Waals surface area contributed by atoms with Gasteiger partial charge in [-0.1, -0.05) is 44.2 Å². The highest BCUT2D eigenvalue weighted by Gasteiger charge is 2.35. The summed E-state index contributed by atoms with van der Waals surface area (Å²) in [7, 11) is 0. The molecule has 0 aliphatic carbocycles. The Bertz CT molecular complexity index is 916. The number of rotatable bonds is 7. The summed E-state index contributed by atoms with van der Waals surface area (Å²) in [5, 5.41) is 12.7. The summed E-state index contributed by atoms with van der Waals surface area (Å²) in [6.07, 6.45) is 0.914. The first kappa shape index (κ1) is 20.5. The van der Waals surface area contributed by atoms with Crippen LogP contribution in [-0.4, -0.2) is 46.4 Å². The van der Waals surface area contributed by atoms with Crippen molar-refractivity contribution in [3.05, 3.63) is 71.8 Å². The summed E-state index contributed by atoms with van der Waals surface area (Å²) in [4.78, 5) is 3.85. The molecular weight excluding hydrogens is 379 g/mol. The van der Waals surface area contributed by atoms with Crippen LogP contribution in [0.15, 0.2) is 54.6 Å². The van der Waals surface area contributed by atoms with E-state index in [2.05, 4.69) is 58.5 Å². The molecule has 6 nitrogen and oxygen atoms in total. The Balaban J connectivity index is 1.43. The Kier molecular flexibility index (Phi) is 6.38. The second kappa shape index (κ2) is 9.34. The van der Waals surface area contributed by atoms with Gasteiger partial charge >= 0.3 is 0 Å². The maximum Gasteiger partial charge on any atom is 0.209 e. The van der Waals surface area contributed by atoms with E-state index in [0.29, 0.717) is 5.92 Å². The van der Waals surface area contributed by atoms with Crippen LogP contribution >= 0.6 is 0 Å². The minimum Gasteiger partial charge on any atom is -0.360 e. The second-order valence-electron chi connectivity index (χ2n) is 8.34. The molecule has 0 unspecified atom stereocenters. The van der Waals surface area contributed by atoms with Crippen LogP contribution in [0.3, 0.4) is 0 Å². The Labute approximate surface area is 177 Å². The van der Waals surface area contributed by atoms with Crippen LogP contribution in [-0.2, 0) is 13.0 Å². The van der Waals surface area contributed by atoms with Gasteiger partial charge in [0.2, 0.25) is 5.82 Å². The minimum absolute atomic E-state index is 0.190. The van der Waals surface area contributed by atoms with E-state index in [0.717, 1.165) is 50.7 Å². The van der Waals surface area contributed by atoms with Crippen molar-refractivity contribution in [3.8, 4) is 0 Å². The second-order valence-corrected chi connectivity index (χ2v) is 8.34. The highest BCUT2D eigenvalue weighted by molar-refractivity contribution is 5.46. The summed E-state index contributed by atoms with van der Waals surface area (Å²) in [5.74, 6) is 1.22. The standard InChI is InChI=1S/C23H29FN6/c1-18(2)22(23-25-26-27-30(23)13-12-19-6-4-3-5-7-19)29-16-14-28(15-17-29)21-10-8-20(24)9-11-21/h3-11,18,22H,12-17H2,1-2H3/p+1/t22-/m1/s1. The fourth-order valence-electron chi connectivity index (χ4n) is 4.44. The van der Waals surface area contributed by atoms with Gasteiger partial charge in [-0.25, -0.2) is 9.07 Å². The fourth-order valence-corrected chi connectivity index (χ4v) is 4.44. The predicted molar refractivity (Wildman–Crippen MR) is 115 cm³/mol. The van der Waals surface area contributed by atoms with E-state index >= 15 is 0 Å². The number of anilines is 1. The molecule has 0 amide bonds. The number of aromatic nitrogens is 4. The highest BCUT2D eigenvalue weighted by atomic mass is 19.1. The van der Waals surface area contributed by atoms with E-state index < -0.39 is 0 Å². The normalized spacial score (nSPS) is 16.2. The molecule has 0 radical (unpaired) electrons. The van der Waals surface area contributed by atoms with Crippen LogP contribution in [0.1, 0.15) is 31.3 Å². The van der Waals surface area contributed by atoms with Crippen molar-refractivity contribution < 1.29 is 9.29 Å². The molecule has 1 N–H and O–H groups in total. The van der Waals surface area contributed by atoms with E-state index in [1.54, 1.807) is 0 Å². The zero-order valence-electron chi connectivity index (χ0n) is 17.7. The fraction of sp³-hybridized carbons (Fsp3) is 0.435. The smallest absolute Gasteiger partial charge is 0.209 e. The van der Waals surface area contributed by atoms with Gasteiger partial charge in [-0.15, -0.1) is 5.10 Å². The van der Waals surface area contributed by atoms with Crippen LogP contribution in [0.2, 0.25) is 0 Å². The van der Waals surface area contributed by atoms with Gasteiger partial charge in [0, 0.05) is 18.2 Å². The molecule has 1 atom stereocenters. The number of quaternary nitrogens is 1. The highest BCUT2D eigenvalue weighted by Crippen LogP contribution is 2.19. The Morgan fingerprint density at radius 3 is 2.37 bits per heavy atom. The van der Waals surface area contributed by atoms with Crippen molar-refractivity contribution in [2.24, 2.45) is 5.92 Å². The average Bonchev–Trinajstić information content (AvgIpc) is 3.22. The monoisotopic (exact) mass is 409 g/mol. The first-order valence-electron chi connectivity index (χ1n) is 10.8. The van der Waals surface area contributed by atoms with Crippen molar-refractivity contribution in [1.29, 1.82) is 0 Å². The topological polar surface area (TPSA) is 51.3 Å². The first-order chi connectivity index (χ1) is 14.6. The molecule has 1 aromatic heterocycles. The quantitative estimate of drug-likeness (QED) is 0.650. The minimum atomic E-state index is -0.190. The molecule has 0 spiro atoms. The van der Waals surface area contributed by atoms with E-state index in [-0.39, 0.29) is 11.9 Å². The molecule has 3 aromatic rings. The summed E-state index contributed by atoms with van der Waals surface area (Å²) in [6.45, 7) is 9.17. The van der Waals surface area contributed by atoms with Crippen LogP contribution in [0.25, 0.3) is 0 Å². The lowest BCUT2D eigenvalue weighted by Gasteiger charge is -2.38. The molecule has 2 heterocycles. The third kappa shape index (κ3) is 4.67. The SMILES string of the molecule is CC(C)[C@H](c1nnnn1CCc1ccccc1)[NH+]1CCN(c2ccc(F)cc2)CC1. The van der Waals surface area contributed by atoms with Gasteiger partial charge in [0.15, 0.2) is 6.04 Å². The number of hydrogen-bond acceptors (Lipinski definition) is 4. The number of nitrogens with zero attached hydrogens (tertiary/aromatic N) is 5. The molecule has 30 heavy (non-hydrogen) atoms. The lowest BCUT2D eigenvalue weighted by atomic mass is 10.0. The van der Waals surface area contributed by atoms with Gasteiger partial charge in [-0.05, 0) is 46.7 Å². The number of hydrogen-bond donors (Lipinski definition) is 1. The molecule has 158 valence electrons. The molecule has 4 rings (SSSR count). The lowest BCUT2D eigenvalue weighted by molar-refractivity contribution is -0.937. The van der Waals surface area contributed by atoms with E-state index in [1.165, 1.54) is 22.6 Å². The zero-order chi connectivity index (χ0) is 20.9. The molecule has 7 heteroatoms. The number of benzene rings is 2. The summed E-state index contributed by atoms with van der Waals surface area (Å²) >= 11 is 0. The lowest BCUT2D eigenvalue weighted by Crippen LogP contribution is -3.15. The molecule has 1 aliphatic heterocycles. The largest absolute Gasteiger partial charge is 0.360 e. The summed E-state index contributed by atoms with van der Waals surface area (Å²) < 4.78 is 15.2. The van der Waals surface area contributed by atoms with Gasteiger partial charge < -0.3 is 9.80 Å². The van der Waals surface area contributed by atoms with Crippen molar-refractivity contribution in [2.75, 3.05) is 31.1 Å². The maximum absolute atomic E-state index is 13.2. The molecular formula is C23H30FN6+.